The first kappa shape index (κ1) is 13.3. The minimum atomic E-state index is 0.404. The molecule has 0 fully saturated rings. The van der Waals surface area contributed by atoms with Gasteiger partial charge in [-0.2, -0.15) is 0 Å². The predicted molar refractivity (Wildman–Crippen MR) is 71.5 cm³/mol. The molecule has 0 aromatic heterocycles. The molecule has 1 rings (SSSR count). The quantitative estimate of drug-likeness (QED) is 0.524. The summed E-state index contributed by atoms with van der Waals surface area (Å²) in [5, 5.41) is 3.00. The molecule has 0 heterocycles. The normalized spacial score (nSPS) is 11.4. The Bertz CT molecular complexity index is 390. The monoisotopic (exact) mass is 236 g/mol. The van der Waals surface area contributed by atoms with Crippen molar-refractivity contribution in [1.82, 2.24) is 0 Å². The lowest BCUT2D eigenvalue weighted by atomic mass is 10.1. The summed E-state index contributed by atoms with van der Waals surface area (Å²) < 4.78 is 5.30. The Morgan fingerprint density at radius 1 is 1.47 bits per heavy atom. The van der Waals surface area contributed by atoms with Crippen LogP contribution < -0.4 is 21.5 Å². The third-order valence-corrected chi connectivity index (χ3v) is 2.30. The van der Waals surface area contributed by atoms with Crippen LogP contribution in [0.5, 0.6) is 5.75 Å². The summed E-state index contributed by atoms with van der Waals surface area (Å²) in [7, 11) is 1.64. The molecule has 0 saturated carbocycles. The number of anilines is 1. The van der Waals surface area contributed by atoms with Gasteiger partial charge in [-0.3, -0.25) is 4.99 Å². The number of benzene rings is 1. The van der Waals surface area contributed by atoms with Gasteiger partial charge in [0.05, 0.1) is 7.11 Å². The van der Waals surface area contributed by atoms with Gasteiger partial charge in [-0.05, 0) is 31.5 Å². The van der Waals surface area contributed by atoms with Crippen molar-refractivity contribution in [2.45, 2.75) is 13.3 Å². The molecule has 94 valence electrons. The lowest BCUT2D eigenvalue weighted by Gasteiger charge is -2.11. The molecule has 0 radical (unpaired) electrons. The average Bonchev–Trinajstić information content (AvgIpc) is 2.31. The minimum absolute atomic E-state index is 0.404. The third-order valence-electron chi connectivity index (χ3n) is 2.30. The van der Waals surface area contributed by atoms with Gasteiger partial charge in [0.2, 0.25) is 0 Å². The van der Waals surface area contributed by atoms with Crippen molar-refractivity contribution in [2.24, 2.45) is 16.5 Å². The maximum atomic E-state index is 5.68. The van der Waals surface area contributed by atoms with E-state index >= 15 is 0 Å². The maximum Gasteiger partial charge on any atom is 0.193 e. The van der Waals surface area contributed by atoms with Gasteiger partial charge in [-0.1, -0.05) is 6.07 Å². The number of guanidine groups is 1. The molecular formula is C12H20N4O. The highest BCUT2D eigenvalue weighted by molar-refractivity contribution is 5.92. The molecular weight excluding hydrogens is 216 g/mol. The Labute approximate surface area is 102 Å². The molecule has 1 aromatic carbocycles. The summed E-state index contributed by atoms with van der Waals surface area (Å²) in [6.07, 6.45) is 0.794. The Balaban J connectivity index is 2.85. The highest BCUT2D eigenvalue weighted by atomic mass is 16.5. The second-order valence-corrected chi connectivity index (χ2v) is 3.55. The molecule has 0 spiro atoms. The maximum absolute atomic E-state index is 5.68. The molecule has 5 N–H and O–H groups in total. The van der Waals surface area contributed by atoms with E-state index in [1.54, 1.807) is 7.11 Å². The van der Waals surface area contributed by atoms with Gasteiger partial charge >= 0.3 is 0 Å². The Morgan fingerprint density at radius 3 is 2.82 bits per heavy atom. The number of nitrogens with zero attached hydrogens (tertiary/aromatic N) is 1. The number of nitrogens with one attached hydrogen (secondary N) is 1. The van der Waals surface area contributed by atoms with E-state index in [1.807, 2.05) is 25.1 Å². The molecule has 1 aromatic rings. The van der Waals surface area contributed by atoms with E-state index in [9.17, 15) is 0 Å². The first-order chi connectivity index (χ1) is 8.21. The molecule has 0 aliphatic heterocycles. The van der Waals surface area contributed by atoms with Gasteiger partial charge < -0.3 is 21.5 Å². The molecule has 0 atom stereocenters. The van der Waals surface area contributed by atoms with Crippen molar-refractivity contribution in [3.63, 3.8) is 0 Å². The molecule has 0 aliphatic carbocycles. The van der Waals surface area contributed by atoms with Crippen LogP contribution in [0.15, 0.2) is 23.2 Å². The van der Waals surface area contributed by atoms with Crippen LogP contribution >= 0.6 is 0 Å². The average molecular weight is 236 g/mol. The molecule has 5 heteroatoms. The first-order valence-electron chi connectivity index (χ1n) is 5.65. The lowest BCUT2D eigenvalue weighted by Crippen LogP contribution is -2.22. The zero-order valence-electron chi connectivity index (χ0n) is 10.4. The molecule has 0 aliphatic rings. The van der Waals surface area contributed by atoms with Crippen molar-refractivity contribution in [1.29, 1.82) is 0 Å². The van der Waals surface area contributed by atoms with Gasteiger partial charge in [-0.25, -0.2) is 0 Å². The summed E-state index contributed by atoms with van der Waals surface area (Å²) in [4.78, 5) is 4.06. The summed E-state index contributed by atoms with van der Waals surface area (Å²) in [6.45, 7) is 3.18. The Hall–Kier alpha value is -1.75. The van der Waals surface area contributed by atoms with Crippen molar-refractivity contribution < 1.29 is 4.74 Å². The third kappa shape index (κ3) is 3.96. The number of ether oxygens (including phenoxy) is 1. The number of hydrogen-bond acceptors (Lipinski definition) is 3. The number of aliphatic imine (C=N–C) groups is 1. The smallest absolute Gasteiger partial charge is 0.193 e. The molecule has 0 unspecified atom stereocenters. The van der Waals surface area contributed by atoms with Gasteiger partial charge in [-0.15, -0.1) is 0 Å². The van der Waals surface area contributed by atoms with Crippen LogP contribution in [0.4, 0.5) is 5.69 Å². The van der Waals surface area contributed by atoms with Crippen LogP contribution in [-0.2, 0) is 6.42 Å². The predicted octanol–water partition coefficient (Wildman–Crippen LogP) is 0.943. The molecule has 0 amide bonds. The number of hydrogen-bond donors (Lipinski definition) is 3. The van der Waals surface area contributed by atoms with E-state index in [0.29, 0.717) is 19.0 Å². The van der Waals surface area contributed by atoms with E-state index in [2.05, 4.69) is 10.3 Å². The van der Waals surface area contributed by atoms with Gasteiger partial charge in [0.25, 0.3) is 0 Å². The van der Waals surface area contributed by atoms with E-state index in [0.717, 1.165) is 23.4 Å². The van der Waals surface area contributed by atoms with Gasteiger partial charge in [0, 0.05) is 18.3 Å². The summed E-state index contributed by atoms with van der Waals surface area (Å²) >= 11 is 0. The first-order valence-corrected chi connectivity index (χ1v) is 5.65. The van der Waals surface area contributed by atoms with Gasteiger partial charge in [0.15, 0.2) is 5.96 Å². The van der Waals surface area contributed by atoms with Crippen LogP contribution in [0.3, 0.4) is 0 Å². The highest BCUT2D eigenvalue weighted by Gasteiger charge is 2.04. The van der Waals surface area contributed by atoms with Crippen molar-refractivity contribution in [2.75, 3.05) is 25.5 Å². The summed E-state index contributed by atoms with van der Waals surface area (Å²) in [5.41, 5.74) is 13.2. The lowest BCUT2D eigenvalue weighted by molar-refractivity contribution is 0.410. The fraction of sp³-hybridized carbons (Fsp3) is 0.417. The second kappa shape index (κ2) is 6.75. The zero-order chi connectivity index (χ0) is 12.7. The highest BCUT2D eigenvalue weighted by Crippen LogP contribution is 2.23. The minimum Gasteiger partial charge on any atom is -0.496 e. The summed E-state index contributed by atoms with van der Waals surface area (Å²) in [5.74, 6) is 1.21. The summed E-state index contributed by atoms with van der Waals surface area (Å²) in [6, 6.07) is 5.81. The molecule has 0 bridgehead atoms. The number of methoxy groups -OCH3 is 1. The Morgan fingerprint density at radius 2 is 2.24 bits per heavy atom. The van der Waals surface area contributed by atoms with Crippen molar-refractivity contribution in [3.8, 4) is 5.75 Å². The van der Waals surface area contributed by atoms with Crippen LogP contribution in [0.1, 0.15) is 12.5 Å². The zero-order valence-corrected chi connectivity index (χ0v) is 10.4. The van der Waals surface area contributed by atoms with E-state index in [-0.39, 0.29) is 0 Å². The van der Waals surface area contributed by atoms with E-state index < -0.39 is 0 Å². The topological polar surface area (TPSA) is 85.7 Å². The van der Waals surface area contributed by atoms with E-state index in [1.165, 1.54) is 0 Å². The molecule has 0 saturated heterocycles. The van der Waals surface area contributed by atoms with E-state index in [4.69, 9.17) is 16.2 Å². The van der Waals surface area contributed by atoms with Crippen LogP contribution in [-0.4, -0.2) is 26.2 Å². The molecule has 17 heavy (non-hydrogen) atoms. The van der Waals surface area contributed by atoms with Crippen LogP contribution in [0.25, 0.3) is 0 Å². The number of nitrogens with two attached hydrogens (primary N) is 2. The van der Waals surface area contributed by atoms with Crippen molar-refractivity contribution in [3.05, 3.63) is 23.8 Å². The fourth-order valence-electron chi connectivity index (χ4n) is 1.54. The SMILES string of the molecule is CCN=C(N)Nc1ccc(CCN)c(OC)c1. The standard InChI is InChI=1S/C12H20N4O/c1-3-15-12(14)16-10-5-4-9(6-7-13)11(8-10)17-2/h4-5,8H,3,6-7,13H2,1-2H3,(H3,14,15,16). The van der Waals surface area contributed by atoms with Crippen molar-refractivity contribution >= 4 is 11.6 Å². The molecule has 5 nitrogen and oxygen atoms in total. The fourth-order valence-corrected chi connectivity index (χ4v) is 1.54. The number of rotatable bonds is 5. The Kier molecular flexibility index (Phi) is 5.29. The van der Waals surface area contributed by atoms with Crippen LogP contribution in [0.2, 0.25) is 0 Å². The van der Waals surface area contributed by atoms with Crippen LogP contribution in [0, 0.1) is 0 Å². The second-order valence-electron chi connectivity index (χ2n) is 3.55. The van der Waals surface area contributed by atoms with Gasteiger partial charge in [0.1, 0.15) is 5.75 Å². The largest absolute Gasteiger partial charge is 0.496 e.